The van der Waals surface area contributed by atoms with Crippen LogP contribution in [0.2, 0.25) is 0 Å². The van der Waals surface area contributed by atoms with E-state index in [9.17, 15) is 17.2 Å². The molecule has 0 aliphatic carbocycles. The van der Waals surface area contributed by atoms with Gasteiger partial charge in [-0.05, 0) is 36.4 Å². The number of benzene rings is 2. The molecule has 0 aliphatic heterocycles. The van der Waals surface area contributed by atoms with Crippen molar-refractivity contribution >= 4 is 21.2 Å². The molecule has 0 fully saturated rings. The van der Waals surface area contributed by atoms with Crippen molar-refractivity contribution in [1.29, 1.82) is 0 Å². The van der Waals surface area contributed by atoms with Gasteiger partial charge < -0.3 is 9.64 Å². The Kier molecular flexibility index (Phi) is 5.84. The fourth-order valence-electron chi connectivity index (χ4n) is 2.64. The molecular weight excluding hydrogens is 388 g/mol. The van der Waals surface area contributed by atoms with E-state index in [1.54, 1.807) is 41.4 Å². The molecule has 28 heavy (non-hydrogen) atoms. The summed E-state index contributed by atoms with van der Waals surface area (Å²) in [6.07, 6.45) is 5.74. The number of sulfone groups is 1. The summed E-state index contributed by atoms with van der Waals surface area (Å²) in [6, 6.07) is 12.5. The quantitative estimate of drug-likeness (QED) is 0.595. The highest BCUT2D eigenvalue weighted by atomic mass is 32.2. The summed E-state index contributed by atoms with van der Waals surface area (Å²) in [7, 11) is -3.36. The number of hydrogen-bond acceptors (Lipinski definition) is 6. The van der Waals surface area contributed by atoms with Crippen LogP contribution in [-0.2, 0) is 16.4 Å². The van der Waals surface area contributed by atoms with E-state index in [0.29, 0.717) is 17.1 Å². The van der Waals surface area contributed by atoms with E-state index in [4.69, 9.17) is 0 Å². The number of anilines is 2. The maximum Gasteiger partial charge on any atom is 0.387 e. The molecule has 146 valence electrons. The van der Waals surface area contributed by atoms with Crippen LogP contribution in [0.15, 0.2) is 72.0 Å². The van der Waals surface area contributed by atoms with E-state index in [2.05, 4.69) is 14.7 Å². The number of rotatable bonds is 7. The molecule has 0 radical (unpaired) electrons. The second-order valence-corrected chi connectivity index (χ2v) is 7.91. The van der Waals surface area contributed by atoms with Crippen LogP contribution < -0.4 is 9.64 Å². The van der Waals surface area contributed by atoms with Crippen LogP contribution >= 0.6 is 0 Å². The number of halogens is 2. The minimum atomic E-state index is -3.36. The summed E-state index contributed by atoms with van der Waals surface area (Å²) in [5.74, 6) is -0.00594. The van der Waals surface area contributed by atoms with Crippen LogP contribution in [-0.4, -0.2) is 31.3 Å². The number of ether oxygens (including phenoxy) is 1. The molecule has 0 N–H and O–H groups in total. The Bertz CT molecular complexity index is 1030. The fraction of sp³-hybridized carbons (Fsp3) is 0.158. The number of aromatic nitrogens is 2. The standard InChI is InChI=1S/C19H17F2N3O3S/c1-28(25,26)16-8-6-15(7-9-16)24(13-14-12-22-10-11-23-14)17-4-2-3-5-18(17)27-19(20)21/h2-12,19H,13H2,1H3. The molecule has 9 heteroatoms. The highest BCUT2D eigenvalue weighted by molar-refractivity contribution is 7.90. The molecule has 3 aromatic rings. The Balaban J connectivity index is 2.06. The summed E-state index contributed by atoms with van der Waals surface area (Å²) in [5.41, 5.74) is 1.57. The predicted molar refractivity (Wildman–Crippen MR) is 101 cm³/mol. The van der Waals surface area contributed by atoms with E-state index in [-0.39, 0.29) is 17.2 Å². The van der Waals surface area contributed by atoms with E-state index in [0.717, 1.165) is 6.26 Å². The molecule has 3 rings (SSSR count). The second kappa shape index (κ2) is 8.30. The van der Waals surface area contributed by atoms with Crippen molar-refractivity contribution in [1.82, 2.24) is 9.97 Å². The lowest BCUT2D eigenvalue weighted by atomic mass is 10.2. The Labute approximate surface area is 161 Å². The number of para-hydroxylation sites is 2. The van der Waals surface area contributed by atoms with Gasteiger partial charge in [0.25, 0.3) is 0 Å². The van der Waals surface area contributed by atoms with Crippen LogP contribution in [0.4, 0.5) is 20.2 Å². The van der Waals surface area contributed by atoms with Gasteiger partial charge in [0.2, 0.25) is 0 Å². The molecule has 2 aromatic carbocycles. The largest absolute Gasteiger partial charge is 0.433 e. The average molecular weight is 405 g/mol. The Morgan fingerprint density at radius 1 is 1.07 bits per heavy atom. The minimum absolute atomic E-state index is 0.00594. The second-order valence-electron chi connectivity index (χ2n) is 5.90. The normalized spacial score (nSPS) is 11.4. The summed E-state index contributed by atoms with van der Waals surface area (Å²) >= 11 is 0. The smallest absolute Gasteiger partial charge is 0.387 e. The van der Waals surface area contributed by atoms with E-state index in [1.807, 2.05) is 0 Å². The first kappa shape index (κ1) is 19.7. The van der Waals surface area contributed by atoms with Crippen LogP contribution in [0, 0.1) is 0 Å². The van der Waals surface area contributed by atoms with Crippen LogP contribution in [0.5, 0.6) is 5.75 Å². The lowest BCUT2D eigenvalue weighted by Gasteiger charge is -2.26. The SMILES string of the molecule is CS(=O)(=O)c1ccc(N(Cc2cnccn2)c2ccccc2OC(F)F)cc1. The average Bonchev–Trinajstić information content (AvgIpc) is 2.67. The minimum Gasteiger partial charge on any atom is -0.433 e. The molecule has 0 spiro atoms. The lowest BCUT2D eigenvalue weighted by molar-refractivity contribution is -0.0494. The van der Waals surface area contributed by atoms with Crippen LogP contribution in [0.1, 0.15) is 5.69 Å². The van der Waals surface area contributed by atoms with Crippen molar-refractivity contribution in [3.05, 3.63) is 72.8 Å². The van der Waals surface area contributed by atoms with Gasteiger partial charge in [0.05, 0.1) is 29.0 Å². The predicted octanol–water partition coefficient (Wildman–Crippen LogP) is 3.82. The van der Waals surface area contributed by atoms with Crippen molar-refractivity contribution in [2.45, 2.75) is 18.1 Å². The van der Waals surface area contributed by atoms with Gasteiger partial charge in [-0.1, -0.05) is 12.1 Å². The zero-order valence-electron chi connectivity index (χ0n) is 14.9. The zero-order chi connectivity index (χ0) is 20.1. The third kappa shape index (κ3) is 4.80. The molecule has 6 nitrogen and oxygen atoms in total. The molecule has 0 amide bonds. The number of hydrogen-bond donors (Lipinski definition) is 0. The molecule has 0 atom stereocenters. The fourth-order valence-corrected chi connectivity index (χ4v) is 3.27. The topological polar surface area (TPSA) is 72.4 Å². The molecular formula is C19H17F2N3O3S. The maximum atomic E-state index is 12.8. The summed E-state index contributed by atoms with van der Waals surface area (Å²) in [6.45, 7) is -2.76. The van der Waals surface area contributed by atoms with E-state index in [1.165, 1.54) is 30.6 Å². The lowest BCUT2D eigenvalue weighted by Crippen LogP contribution is -2.19. The molecule has 0 saturated heterocycles. The Morgan fingerprint density at radius 2 is 1.79 bits per heavy atom. The summed E-state index contributed by atoms with van der Waals surface area (Å²) in [5, 5.41) is 0. The highest BCUT2D eigenvalue weighted by Gasteiger charge is 2.18. The van der Waals surface area contributed by atoms with Crippen LogP contribution in [0.25, 0.3) is 0 Å². The van der Waals surface area contributed by atoms with Crippen LogP contribution in [0.3, 0.4) is 0 Å². The van der Waals surface area contributed by atoms with Crippen molar-refractivity contribution in [2.24, 2.45) is 0 Å². The van der Waals surface area contributed by atoms with E-state index >= 15 is 0 Å². The van der Waals surface area contributed by atoms with Gasteiger partial charge in [-0.2, -0.15) is 8.78 Å². The molecule has 0 aliphatic rings. The first-order valence-electron chi connectivity index (χ1n) is 8.21. The zero-order valence-corrected chi connectivity index (χ0v) is 15.7. The maximum absolute atomic E-state index is 12.8. The first-order valence-corrected chi connectivity index (χ1v) is 10.1. The van der Waals surface area contributed by atoms with Crippen molar-refractivity contribution in [2.75, 3.05) is 11.2 Å². The highest BCUT2D eigenvalue weighted by Crippen LogP contribution is 2.36. The van der Waals surface area contributed by atoms with Gasteiger partial charge in [-0.3, -0.25) is 9.97 Å². The molecule has 0 saturated carbocycles. The van der Waals surface area contributed by atoms with Gasteiger partial charge in [-0.25, -0.2) is 8.42 Å². The first-order chi connectivity index (χ1) is 13.3. The summed E-state index contributed by atoms with van der Waals surface area (Å²) < 4.78 is 53.8. The van der Waals surface area contributed by atoms with Crippen molar-refractivity contribution < 1.29 is 21.9 Å². The van der Waals surface area contributed by atoms with Gasteiger partial charge in [0.15, 0.2) is 9.84 Å². The Morgan fingerprint density at radius 3 is 2.39 bits per heavy atom. The molecule has 1 aromatic heterocycles. The Hall–Kier alpha value is -3.07. The van der Waals surface area contributed by atoms with E-state index < -0.39 is 16.4 Å². The van der Waals surface area contributed by atoms with Gasteiger partial charge in [-0.15, -0.1) is 0 Å². The van der Waals surface area contributed by atoms with Crippen molar-refractivity contribution in [3.63, 3.8) is 0 Å². The van der Waals surface area contributed by atoms with Gasteiger partial charge in [0, 0.05) is 24.3 Å². The molecule has 0 unspecified atom stereocenters. The van der Waals surface area contributed by atoms with Crippen molar-refractivity contribution in [3.8, 4) is 5.75 Å². The third-order valence-electron chi connectivity index (χ3n) is 3.89. The molecule has 0 bridgehead atoms. The van der Waals surface area contributed by atoms with Gasteiger partial charge in [0.1, 0.15) is 5.75 Å². The molecule has 1 heterocycles. The number of nitrogens with zero attached hydrogens (tertiary/aromatic N) is 3. The third-order valence-corrected chi connectivity index (χ3v) is 5.01. The number of alkyl halides is 2. The van der Waals surface area contributed by atoms with Gasteiger partial charge >= 0.3 is 6.61 Å². The monoisotopic (exact) mass is 405 g/mol. The summed E-state index contributed by atoms with van der Waals surface area (Å²) in [4.78, 5) is 10.1.